The maximum atomic E-state index is 13.1. The summed E-state index contributed by atoms with van der Waals surface area (Å²) in [7, 11) is -3.68. The lowest BCUT2D eigenvalue weighted by Gasteiger charge is -2.34. The Kier molecular flexibility index (Phi) is 5.19. The largest absolute Gasteiger partial charge is 0.345 e. The number of rotatable bonds is 5. The summed E-state index contributed by atoms with van der Waals surface area (Å²) in [4.78, 5) is 25.8. The molecule has 3 aromatic heterocycles. The van der Waals surface area contributed by atoms with Crippen molar-refractivity contribution in [2.24, 2.45) is 0 Å². The van der Waals surface area contributed by atoms with Gasteiger partial charge in [0.25, 0.3) is 5.91 Å². The molecule has 0 aliphatic carbocycles. The Morgan fingerprint density at radius 3 is 2.56 bits per heavy atom. The first-order valence-corrected chi connectivity index (χ1v) is 11.6. The Labute approximate surface area is 184 Å². The Morgan fingerprint density at radius 2 is 1.84 bits per heavy atom. The topological polar surface area (TPSA) is 117 Å². The number of benzene rings is 1. The highest BCUT2D eigenvalue weighted by Gasteiger charge is 2.32. The van der Waals surface area contributed by atoms with E-state index in [0.29, 0.717) is 36.2 Å². The van der Waals surface area contributed by atoms with Gasteiger partial charge in [0.05, 0.1) is 6.54 Å². The standard InChI is InChI=1S/C21H21N7O3S/c29-21(17-5-3-16(4-6-17)13-27-15-22-14-25-27)26-8-10-28(11-9-26)32(30,31)19-12-24-20-18(19)2-1-7-23-20/h1-7,12,14-15H,8-11,13H2,(H,23,24). The molecule has 0 spiro atoms. The number of carbonyl (C=O) groups is 1. The molecule has 164 valence electrons. The molecule has 4 heterocycles. The van der Waals surface area contributed by atoms with Gasteiger partial charge in [-0.2, -0.15) is 9.40 Å². The number of carbonyl (C=O) groups excluding carboxylic acids is 1. The van der Waals surface area contributed by atoms with Gasteiger partial charge in [0.2, 0.25) is 10.0 Å². The highest BCUT2D eigenvalue weighted by molar-refractivity contribution is 7.89. The van der Waals surface area contributed by atoms with Crippen LogP contribution in [0.1, 0.15) is 15.9 Å². The van der Waals surface area contributed by atoms with Crippen molar-refractivity contribution in [3.63, 3.8) is 0 Å². The molecule has 1 aliphatic rings. The normalized spacial score (nSPS) is 15.3. The quantitative estimate of drug-likeness (QED) is 0.490. The monoisotopic (exact) mass is 451 g/mol. The molecule has 11 heteroatoms. The molecule has 0 bridgehead atoms. The summed E-state index contributed by atoms with van der Waals surface area (Å²) < 4.78 is 29.4. The van der Waals surface area contributed by atoms with E-state index in [2.05, 4.69) is 20.1 Å². The van der Waals surface area contributed by atoms with Crippen molar-refractivity contribution in [2.45, 2.75) is 11.4 Å². The first kappa shape index (κ1) is 20.3. The third-order valence-corrected chi connectivity index (χ3v) is 7.51. The number of pyridine rings is 1. The molecular formula is C21H21N7O3S. The third-order valence-electron chi connectivity index (χ3n) is 5.57. The van der Waals surface area contributed by atoms with Crippen LogP contribution < -0.4 is 0 Å². The summed E-state index contributed by atoms with van der Waals surface area (Å²) >= 11 is 0. The maximum Gasteiger partial charge on any atom is 0.253 e. The van der Waals surface area contributed by atoms with Crippen LogP contribution in [0.2, 0.25) is 0 Å². The summed E-state index contributed by atoms with van der Waals surface area (Å²) in [6, 6.07) is 10.8. The van der Waals surface area contributed by atoms with Crippen LogP contribution in [-0.4, -0.2) is 74.4 Å². The molecule has 10 nitrogen and oxygen atoms in total. The second-order valence-electron chi connectivity index (χ2n) is 7.54. The van der Waals surface area contributed by atoms with E-state index in [-0.39, 0.29) is 23.9 Å². The van der Waals surface area contributed by atoms with Crippen LogP contribution in [-0.2, 0) is 16.6 Å². The highest BCUT2D eigenvalue weighted by atomic mass is 32.2. The minimum Gasteiger partial charge on any atom is -0.345 e. The van der Waals surface area contributed by atoms with Gasteiger partial charge in [-0.3, -0.25) is 4.79 Å². The molecule has 4 aromatic rings. The van der Waals surface area contributed by atoms with Gasteiger partial charge in [0.1, 0.15) is 23.2 Å². The predicted octanol–water partition coefficient (Wildman–Crippen LogP) is 1.35. The summed E-state index contributed by atoms with van der Waals surface area (Å²) in [6.45, 7) is 1.73. The lowest BCUT2D eigenvalue weighted by Crippen LogP contribution is -2.50. The number of nitrogens with zero attached hydrogens (tertiary/aromatic N) is 6. The molecule has 1 fully saturated rings. The second kappa shape index (κ2) is 8.17. The average molecular weight is 452 g/mol. The number of amides is 1. The van der Waals surface area contributed by atoms with Crippen molar-refractivity contribution in [1.82, 2.24) is 33.9 Å². The van der Waals surface area contributed by atoms with E-state index in [4.69, 9.17) is 0 Å². The Morgan fingerprint density at radius 1 is 1.06 bits per heavy atom. The zero-order valence-electron chi connectivity index (χ0n) is 17.1. The molecule has 1 N–H and O–H groups in total. The number of piperazine rings is 1. The Bertz CT molecular complexity index is 1340. The lowest BCUT2D eigenvalue weighted by molar-refractivity contribution is 0.0698. The second-order valence-corrected chi connectivity index (χ2v) is 9.45. The fraction of sp³-hybridized carbons (Fsp3) is 0.238. The van der Waals surface area contributed by atoms with Crippen molar-refractivity contribution in [3.05, 3.63) is 72.6 Å². The molecule has 5 rings (SSSR count). The fourth-order valence-electron chi connectivity index (χ4n) is 3.85. The van der Waals surface area contributed by atoms with Crippen molar-refractivity contribution in [1.29, 1.82) is 0 Å². The van der Waals surface area contributed by atoms with Gasteiger partial charge in [-0.1, -0.05) is 12.1 Å². The van der Waals surface area contributed by atoms with E-state index < -0.39 is 10.0 Å². The molecule has 0 saturated carbocycles. The first-order chi connectivity index (χ1) is 15.5. The number of hydrogen-bond acceptors (Lipinski definition) is 6. The van der Waals surface area contributed by atoms with Gasteiger partial charge in [-0.25, -0.2) is 23.1 Å². The lowest BCUT2D eigenvalue weighted by atomic mass is 10.1. The first-order valence-electron chi connectivity index (χ1n) is 10.2. The zero-order chi connectivity index (χ0) is 22.1. The predicted molar refractivity (Wildman–Crippen MR) is 116 cm³/mol. The van der Waals surface area contributed by atoms with E-state index in [1.54, 1.807) is 46.4 Å². The molecule has 1 saturated heterocycles. The van der Waals surface area contributed by atoms with Gasteiger partial charge in [-0.15, -0.1) is 0 Å². The van der Waals surface area contributed by atoms with Gasteiger partial charge >= 0.3 is 0 Å². The molecule has 1 aliphatic heterocycles. The smallest absolute Gasteiger partial charge is 0.253 e. The molecular weight excluding hydrogens is 430 g/mol. The summed E-state index contributed by atoms with van der Waals surface area (Å²) in [5.74, 6) is -0.106. The Balaban J connectivity index is 1.24. The van der Waals surface area contributed by atoms with E-state index in [1.807, 2.05) is 12.1 Å². The summed E-state index contributed by atoms with van der Waals surface area (Å²) in [5, 5.41) is 4.64. The number of aromatic amines is 1. The van der Waals surface area contributed by atoms with Crippen molar-refractivity contribution >= 4 is 27.0 Å². The number of H-pyrrole nitrogens is 1. The van der Waals surface area contributed by atoms with Gasteiger partial charge < -0.3 is 9.88 Å². The highest BCUT2D eigenvalue weighted by Crippen LogP contribution is 2.25. The van der Waals surface area contributed by atoms with Crippen LogP contribution in [0, 0.1) is 0 Å². The van der Waals surface area contributed by atoms with Crippen molar-refractivity contribution in [2.75, 3.05) is 26.2 Å². The van der Waals surface area contributed by atoms with Crippen LogP contribution >= 0.6 is 0 Å². The van der Waals surface area contributed by atoms with Crippen molar-refractivity contribution in [3.8, 4) is 0 Å². The van der Waals surface area contributed by atoms with Crippen LogP contribution in [0.5, 0.6) is 0 Å². The van der Waals surface area contributed by atoms with Gasteiger partial charge in [0, 0.05) is 49.5 Å². The SMILES string of the molecule is O=C(c1ccc(Cn2cncn2)cc1)N1CCN(S(=O)(=O)c2c[nH]c3ncccc23)CC1. The number of sulfonamides is 1. The molecule has 1 aromatic carbocycles. The molecule has 32 heavy (non-hydrogen) atoms. The molecule has 1 amide bonds. The number of fused-ring (bicyclic) bond motifs is 1. The third kappa shape index (κ3) is 3.76. The maximum absolute atomic E-state index is 13.1. The van der Waals surface area contributed by atoms with E-state index in [1.165, 1.54) is 16.8 Å². The molecule has 0 atom stereocenters. The minimum atomic E-state index is -3.68. The van der Waals surface area contributed by atoms with Gasteiger partial charge in [0.15, 0.2) is 0 Å². The molecule has 0 radical (unpaired) electrons. The summed E-state index contributed by atoms with van der Waals surface area (Å²) in [5.41, 5.74) is 2.12. The van der Waals surface area contributed by atoms with Crippen LogP contribution in [0.15, 0.2) is 66.3 Å². The van der Waals surface area contributed by atoms with Crippen molar-refractivity contribution < 1.29 is 13.2 Å². The van der Waals surface area contributed by atoms with Crippen LogP contribution in [0.25, 0.3) is 11.0 Å². The Hall–Kier alpha value is -3.57. The minimum absolute atomic E-state index is 0.106. The number of hydrogen-bond donors (Lipinski definition) is 1. The van der Waals surface area contributed by atoms with Crippen LogP contribution in [0.4, 0.5) is 0 Å². The number of aromatic nitrogens is 5. The van der Waals surface area contributed by atoms with Crippen LogP contribution in [0.3, 0.4) is 0 Å². The fourth-order valence-corrected chi connectivity index (χ4v) is 5.42. The van der Waals surface area contributed by atoms with E-state index in [9.17, 15) is 13.2 Å². The zero-order valence-corrected chi connectivity index (χ0v) is 17.9. The van der Waals surface area contributed by atoms with E-state index >= 15 is 0 Å². The van der Waals surface area contributed by atoms with E-state index in [0.717, 1.165) is 5.56 Å². The molecule has 0 unspecified atom stereocenters. The number of nitrogens with one attached hydrogen (secondary N) is 1. The summed E-state index contributed by atoms with van der Waals surface area (Å²) in [6.07, 6.45) is 6.21. The average Bonchev–Trinajstić information content (AvgIpc) is 3.49. The van der Waals surface area contributed by atoms with Gasteiger partial charge in [-0.05, 0) is 29.8 Å².